The number of nitrogens with zero attached hydrogens (tertiary/aromatic N) is 2. The highest BCUT2D eigenvalue weighted by Gasteiger charge is 2.30. The summed E-state index contributed by atoms with van der Waals surface area (Å²) < 4.78 is 5.48. The quantitative estimate of drug-likeness (QED) is 0.908. The van der Waals surface area contributed by atoms with Crippen LogP contribution in [-0.2, 0) is 4.74 Å². The topological polar surface area (TPSA) is 62.7 Å². The van der Waals surface area contributed by atoms with Gasteiger partial charge in [-0.1, -0.05) is 24.3 Å². The molecule has 5 nitrogen and oxygen atoms in total. The van der Waals surface area contributed by atoms with Gasteiger partial charge in [0.15, 0.2) is 0 Å². The molecular formula is C16H18N2O3. The summed E-state index contributed by atoms with van der Waals surface area (Å²) in [4.78, 5) is 18.8. The number of rotatable bonds is 2. The zero-order chi connectivity index (χ0) is 14.8. The fraction of sp³-hybridized carbons (Fsp3) is 0.375. The minimum absolute atomic E-state index is 0.0146. The van der Waals surface area contributed by atoms with Gasteiger partial charge in [-0.05, 0) is 12.3 Å². The molecule has 2 aromatic rings. The second kappa shape index (κ2) is 5.79. The highest BCUT2D eigenvalue weighted by Crippen LogP contribution is 2.21. The van der Waals surface area contributed by atoms with Gasteiger partial charge in [-0.3, -0.25) is 9.78 Å². The summed E-state index contributed by atoms with van der Waals surface area (Å²) in [5.74, 6) is -0.0615. The first kappa shape index (κ1) is 14.0. The summed E-state index contributed by atoms with van der Waals surface area (Å²) >= 11 is 0. The van der Waals surface area contributed by atoms with Crippen molar-refractivity contribution >= 4 is 16.7 Å². The molecule has 1 aromatic carbocycles. The van der Waals surface area contributed by atoms with Crippen molar-refractivity contribution in [1.29, 1.82) is 0 Å². The molecule has 2 unspecified atom stereocenters. The third kappa shape index (κ3) is 2.62. The standard InChI is InChI=1S/C16H18N2O3/c1-11-10-21-13(9-19)8-18(11)16(20)15-7-17-6-12-4-2-3-5-14(12)15/h2-7,11,13,19H,8-10H2,1H3. The monoisotopic (exact) mass is 286 g/mol. The first-order chi connectivity index (χ1) is 10.2. The van der Waals surface area contributed by atoms with E-state index in [0.29, 0.717) is 18.7 Å². The van der Waals surface area contributed by atoms with Gasteiger partial charge in [0.2, 0.25) is 0 Å². The molecule has 0 spiro atoms. The van der Waals surface area contributed by atoms with E-state index < -0.39 is 0 Å². The van der Waals surface area contributed by atoms with Gasteiger partial charge in [0.1, 0.15) is 0 Å². The predicted molar refractivity (Wildman–Crippen MR) is 79.1 cm³/mol. The summed E-state index contributed by atoms with van der Waals surface area (Å²) in [6.07, 6.45) is 3.06. The van der Waals surface area contributed by atoms with Crippen LogP contribution in [0.15, 0.2) is 36.7 Å². The number of amides is 1. The number of aromatic nitrogens is 1. The molecule has 1 aromatic heterocycles. The number of aliphatic hydroxyl groups is 1. The molecule has 21 heavy (non-hydrogen) atoms. The van der Waals surface area contributed by atoms with Crippen LogP contribution in [0.1, 0.15) is 17.3 Å². The first-order valence-electron chi connectivity index (χ1n) is 7.07. The normalized spacial score (nSPS) is 22.5. The lowest BCUT2D eigenvalue weighted by molar-refractivity contribution is -0.0667. The smallest absolute Gasteiger partial charge is 0.256 e. The fourth-order valence-corrected chi connectivity index (χ4v) is 2.65. The number of benzene rings is 1. The molecule has 110 valence electrons. The molecule has 2 heterocycles. The van der Waals surface area contributed by atoms with Crippen LogP contribution in [0.25, 0.3) is 10.8 Å². The van der Waals surface area contributed by atoms with Crippen molar-refractivity contribution in [3.63, 3.8) is 0 Å². The third-order valence-corrected chi connectivity index (χ3v) is 3.87. The Labute approximate surface area is 123 Å². The number of ether oxygens (including phenoxy) is 1. The Morgan fingerprint density at radius 3 is 3.05 bits per heavy atom. The summed E-state index contributed by atoms with van der Waals surface area (Å²) in [6, 6.07) is 7.70. The Hall–Kier alpha value is -1.98. The van der Waals surface area contributed by atoms with Crippen molar-refractivity contribution in [3.05, 3.63) is 42.2 Å². The number of hydrogen-bond donors (Lipinski definition) is 1. The van der Waals surface area contributed by atoms with Gasteiger partial charge in [-0.2, -0.15) is 0 Å². The molecule has 1 aliphatic heterocycles. The zero-order valence-corrected chi connectivity index (χ0v) is 11.9. The summed E-state index contributed by atoms with van der Waals surface area (Å²) in [5, 5.41) is 11.1. The summed E-state index contributed by atoms with van der Waals surface area (Å²) in [7, 11) is 0. The molecule has 1 aliphatic rings. The number of fused-ring (bicyclic) bond motifs is 1. The van der Waals surface area contributed by atoms with Crippen LogP contribution in [0.5, 0.6) is 0 Å². The molecule has 5 heteroatoms. The van der Waals surface area contributed by atoms with Crippen molar-refractivity contribution < 1.29 is 14.6 Å². The summed E-state index contributed by atoms with van der Waals surface area (Å²) in [6.45, 7) is 2.71. The van der Waals surface area contributed by atoms with E-state index >= 15 is 0 Å². The van der Waals surface area contributed by atoms with Crippen LogP contribution in [0.3, 0.4) is 0 Å². The lowest BCUT2D eigenvalue weighted by Crippen LogP contribution is -2.52. The van der Waals surface area contributed by atoms with E-state index in [1.54, 1.807) is 17.3 Å². The van der Waals surface area contributed by atoms with E-state index in [1.807, 2.05) is 31.2 Å². The average molecular weight is 286 g/mol. The van der Waals surface area contributed by atoms with Crippen LogP contribution < -0.4 is 0 Å². The van der Waals surface area contributed by atoms with E-state index in [4.69, 9.17) is 4.74 Å². The molecule has 0 saturated carbocycles. The molecule has 1 fully saturated rings. The second-order valence-electron chi connectivity index (χ2n) is 5.35. The lowest BCUT2D eigenvalue weighted by atomic mass is 10.1. The highest BCUT2D eigenvalue weighted by atomic mass is 16.5. The number of aliphatic hydroxyl groups excluding tert-OH is 1. The van der Waals surface area contributed by atoms with E-state index in [9.17, 15) is 9.90 Å². The first-order valence-corrected chi connectivity index (χ1v) is 7.07. The molecule has 0 bridgehead atoms. The Kier molecular flexibility index (Phi) is 3.86. The number of morpholine rings is 1. The van der Waals surface area contributed by atoms with Crippen LogP contribution >= 0.6 is 0 Å². The molecule has 3 rings (SSSR count). The van der Waals surface area contributed by atoms with E-state index in [1.165, 1.54) is 0 Å². The largest absolute Gasteiger partial charge is 0.394 e. The van der Waals surface area contributed by atoms with Gasteiger partial charge >= 0.3 is 0 Å². The minimum atomic E-state index is -0.312. The van der Waals surface area contributed by atoms with Gasteiger partial charge < -0.3 is 14.7 Å². The maximum absolute atomic E-state index is 12.8. The molecule has 1 N–H and O–H groups in total. The second-order valence-corrected chi connectivity index (χ2v) is 5.35. The molecule has 1 saturated heterocycles. The Balaban J connectivity index is 1.96. The van der Waals surface area contributed by atoms with Crippen molar-refractivity contribution in [3.8, 4) is 0 Å². The van der Waals surface area contributed by atoms with Crippen LogP contribution in [0.2, 0.25) is 0 Å². The predicted octanol–water partition coefficient (Wildman–Crippen LogP) is 1.46. The van der Waals surface area contributed by atoms with Crippen LogP contribution in [0.4, 0.5) is 0 Å². The Morgan fingerprint density at radius 2 is 2.24 bits per heavy atom. The molecule has 1 amide bonds. The summed E-state index contributed by atoms with van der Waals surface area (Å²) in [5.41, 5.74) is 0.596. The van der Waals surface area contributed by atoms with Crippen LogP contribution in [0, 0.1) is 0 Å². The van der Waals surface area contributed by atoms with Crippen molar-refractivity contribution in [2.24, 2.45) is 0 Å². The zero-order valence-electron chi connectivity index (χ0n) is 11.9. The van der Waals surface area contributed by atoms with Gasteiger partial charge in [0.25, 0.3) is 5.91 Å². The number of pyridine rings is 1. The Morgan fingerprint density at radius 1 is 1.43 bits per heavy atom. The average Bonchev–Trinajstić information content (AvgIpc) is 2.54. The number of carbonyl (C=O) groups excluding carboxylic acids is 1. The Bertz CT molecular complexity index is 654. The van der Waals surface area contributed by atoms with Crippen molar-refractivity contribution in [1.82, 2.24) is 9.88 Å². The van der Waals surface area contributed by atoms with Gasteiger partial charge in [0, 0.05) is 24.3 Å². The number of hydrogen-bond acceptors (Lipinski definition) is 4. The molecule has 0 radical (unpaired) electrons. The SMILES string of the molecule is CC1COC(CO)CN1C(=O)c1cncc2ccccc12. The van der Waals surface area contributed by atoms with Gasteiger partial charge in [-0.15, -0.1) is 0 Å². The van der Waals surface area contributed by atoms with E-state index in [0.717, 1.165) is 10.8 Å². The highest BCUT2D eigenvalue weighted by molar-refractivity contribution is 6.06. The number of carbonyl (C=O) groups is 1. The van der Waals surface area contributed by atoms with Crippen LogP contribution in [-0.4, -0.2) is 52.8 Å². The van der Waals surface area contributed by atoms with Gasteiger partial charge in [-0.25, -0.2) is 0 Å². The van der Waals surface area contributed by atoms with Crippen molar-refractivity contribution in [2.45, 2.75) is 19.1 Å². The van der Waals surface area contributed by atoms with E-state index in [-0.39, 0.29) is 24.7 Å². The fourth-order valence-electron chi connectivity index (χ4n) is 2.65. The maximum atomic E-state index is 12.8. The molecule has 2 atom stereocenters. The van der Waals surface area contributed by atoms with Crippen molar-refractivity contribution in [2.75, 3.05) is 19.8 Å². The third-order valence-electron chi connectivity index (χ3n) is 3.87. The lowest BCUT2D eigenvalue weighted by Gasteiger charge is -2.37. The molecule has 0 aliphatic carbocycles. The van der Waals surface area contributed by atoms with E-state index in [2.05, 4.69) is 4.98 Å². The minimum Gasteiger partial charge on any atom is -0.394 e. The van der Waals surface area contributed by atoms with Gasteiger partial charge in [0.05, 0.1) is 30.9 Å². The molecular weight excluding hydrogens is 268 g/mol. The maximum Gasteiger partial charge on any atom is 0.256 e.